The summed E-state index contributed by atoms with van der Waals surface area (Å²) in [4.78, 5) is 0. The van der Waals surface area contributed by atoms with Crippen molar-refractivity contribution in [2.45, 2.75) is 71.3 Å². The van der Waals surface area contributed by atoms with Crippen LogP contribution in [0.5, 0.6) is 0 Å². The molecule has 1 unspecified atom stereocenters. The Balaban J connectivity index is 3.08. The van der Waals surface area contributed by atoms with Gasteiger partial charge in [0.15, 0.2) is 0 Å². The summed E-state index contributed by atoms with van der Waals surface area (Å²) in [6, 6.07) is 0.663. The van der Waals surface area contributed by atoms with E-state index in [0.29, 0.717) is 12.6 Å². The Hall–Kier alpha value is -0.0800. The molecule has 0 saturated carbocycles. The van der Waals surface area contributed by atoms with Gasteiger partial charge in [-0.15, -0.1) is 0 Å². The van der Waals surface area contributed by atoms with Gasteiger partial charge in [0.05, 0.1) is 0 Å². The molecule has 2 N–H and O–H groups in total. The lowest BCUT2D eigenvalue weighted by Gasteiger charge is -2.13. The Labute approximate surface area is 95.5 Å². The smallest absolute Gasteiger partial charge is 0.0431 e. The number of aliphatic hydroxyl groups is 1. The van der Waals surface area contributed by atoms with E-state index in [1.807, 2.05) is 0 Å². The van der Waals surface area contributed by atoms with Gasteiger partial charge in [-0.05, 0) is 39.2 Å². The quantitative estimate of drug-likeness (QED) is 0.519. The second kappa shape index (κ2) is 12.0. The second-order valence-corrected chi connectivity index (χ2v) is 4.49. The second-order valence-electron chi connectivity index (χ2n) is 4.49. The molecule has 0 spiro atoms. The molecule has 0 saturated heterocycles. The maximum absolute atomic E-state index is 8.62. The van der Waals surface area contributed by atoms with Gasteiger partial charge in [0, 0.05) is 12.6 Å². The zero-order valence-electron chi connectivity index (χ0n) is 10.6. The fraction of sp³-hybridized carbons (Fsp3) is 1.00. The molecule has 92 valence electrons. The van der Waals surface area contributed by atoms with Crippen molar-refractivity contribution in [2.75, 3.05) is 13.2 Å². The van der Waals surface area contributed by atoms with Crippen LogP contribution in [0.4, 0.5) is 0 Å². The van der Waals surface area contributed by atoms with Gasteiger partial charge >= 0.3 is 0 Å². The summed E-state index contributed by atoms with van der Waals surface area (Å²) in [6.45, 7) is 5.97. The molecule has 0 aliphatic heterocycles. The topological polar surface area (TPSA) is 32.3 Å². The third-order valence-corrected chi connectivity index (χ3v) is 2.82. The van der Waals surface area contributed by atoms with E-state index in [9.17, 15) is 0 Å². The number of hydrogen-bond donors (Lipinski definition) is 2. The summed E-state index contributed by atoms with van der Waals surface area (Å²) in [6.07, 6.45) is 10.0. The van der Waals surface area contributed by atoms with E-state index < -0.39 is 0 Å². The lowest BCUT2D eigenvalue weighted by Crippen LogP contribution is -2.26. The summed E-state index contributed by atoms with van der Waals surface area (Å²) in [5, 5.41) is 12.2. The Kier molecular flexibility index (Phi) is 11.9. The van der Waals surface area contributed by atoms with Gasteiger partial charge in [-0.1, -0.05) is 32.6 Å². The molecular weight excluding hydrogens is 186 g/mol. The number of hydrogen-bond acceptors (Lipinski definition) is 2. The van der Waals surface area contributed by atoms with Crippen LogP contribution in [0, 0.1) is 0 Å². The number of aliphatic hydroxyl groups excluding tert-OH is 1. The molecule has 0 fully saturated rings. The zero-order chi connectivity index (χ0) is 11.4. The van der Waals surface area contributed by atoms with Crippen LogP contribution in [0.15, 0.2) is 0 Å². The Morgan fingerprint density at radius 3 is 2.40 bits per heavy atom. The standard InChI is InChI=1S/C13H29NO/c1-3-4-5-7-10-13(2)14-11-8-6-9-12-15/h13-15H,3-12H2,1-2H3. The maximum Gasteiger partial charge on any atom is 0.0431 e. The first kappa shape index (κ1) is 14.9. The fourth-order valence-corrected chi connectivity index (χ4v) is 1.74. The minimum Gasteiger partial charge on any atom is -0.396 e. The molecule has 15 heavy (non-hydrogen) atoms. The highest BCUT2D eigenvalue weighted by atomic mass is 16.2. The van der Waals surface area contributed by atoms with Crippen LogP contribution in [0.2, 0.25) is 0 Å². The van der Waals surface area contributed by atoms with Crippen molar-refractivity contribution in [3.05, 3.63) is 0 Å². The van der Waals surface area contributed by atoms with Crippen LogP contribution in [0.25, 0.3) is 0 Å². The first-order chi connectivity index (χ1) is 7.31. The molecule has 2 nitrogen and oxygen atoms in total. The molecule has 0 aliphatic carbocycles. The van der Waals surface area contributed by atoms with E-state index in [-0.39, 0.29) is 0 Å². The van der Waals surface area contributed by atoms with E-state index in [1.54, 1.807) is 0 Å². The summed E-state index contributed by atoms with van der Waals surface area (Å²) < 4.78 is 0. The van der Waals surface area contributed by atoms with Gasteiger partial charge < -0.3 is 10.4 Å². The molecule has 2 heteroatoms. The van der Waals surface area contributed by atoms with Crippen LogP contribution in [-0.4, -0.2) is 24.3 Å². The number of nitrogens with one attached hydrogen (secondary N) is 1. The van der Waals surface area contributed by atoms with Crippen LogP contribution in [0.1, 0.15) is 65.2 Å². The SMILES string of the molecule is CCCCCCC(C)NCCCCCO. The van der Waals surface area contributed by atoms with E-state index in [4.69, 9.17) is 5.11 Å². The summed E-state index contributed by atoms with van der Waals surface area (Å²) in [5.41, 5.74) is 0. The van der Waals surface area contributed by atoms with Crippen molar-refractivity contribution in [3.8, 4) is 0 Å². The van der Waals surface area contributed by atoms with E-state index in [2.05, 4.69) is 19.2 Å². The molecule has 0 bridgehead atoms. The first-order valence-corrected chi connectivity index (χ1v) is 6.65. The van der Waals surface area contributed by atoms with Crippen molar-refractivity contribution in [2.24, 2.45) is 0 Å². The molecule has 0 radical (unpaired) electrons. The third kappa shape index (κ3) is 11.8. The zero-order valence-corrected chi connectivity index (χ0v) is 10.6. The van der Waals surface area contributed by atoms with E-state index in [0.717, 1.165) is 19.4 Å². The molecule has 0 aliphatic rings. The lowest BCUT2D eigenvalue weighted by atomic mass is 10.1. The molecule has 0 amide bonds. The van der Waals surface area contributed by atoms with Crippen LogP contribution in [-0.2, 0) is 0 Å². The molecular formula is C13H29NO. The first-order valence-electron chi connectivity index (χ1n) is 6.65. The normalized spacial score (nSPS) is 13.0. The lowest BCUT2D eigenvalue weighted by molar-refractivity contribution is 0.282. The largest absolute Gasteiger partial charge is 0.396 e. The highest BCUT2D eigenvalue weighted by molar-refractivity contribution is 4.60. The Morgan fingerprint density at radius 2 is 1.73 bits per heavy atom. The van der Waals surface area contributed by atoms with Gasteiger partial charge in [-0.2, -0.15) is 0 Å². The molecule has 1 atom stereocenters. The van der Waals surface area contributed by atoms with Gasteiger partial charge in [0.2, 0.25) is 0 Å². The van der Waals surface area contributed by atoms with Crippen LogP contribution in [0.3, 0.4) is 0 Å². The summed E-state index contributed by atoms with van der Waals surface area (Å²) in [5.74, 6) is 0. The van der Waals surface area contributed by atoms with Crippen LogP contribution >= 0.6 is 0 Å². The van der Waals surface area contributed by atoms with Crippen molar-refractivity contribution in [1.29, 1.82) is 0 Å². The number of unbranched alkanes of at least 4 members (excludes halogenated alkanes) is 5. The highest BCUT2D eigenvalue weighted by Gasteiger charge is 1.99. The molecule has 0 aromatic heterocycles. The van der Waals surface area contributed by atoms with Crippen molar-refractivity contribution in [3.63, 3.8) is 0 Å². The summed E-state index contributed by atoms with van der Waals surface area (Å²) in [7, 11) is 0. The minimum atomic E-state index is 0.340. The van der Waals surface area contributed by atoms with Gasteiger partial charge in [0.1, 0.15) is 0 Å². The predicted molar refractivity (Wildman–Crippen MR) is 67.2 cm³/mol. The van der Waals surface area contributed by atoms with Gasteiger partial charge in [-0.25, -0.2) is 0 Å². The number of rotatable bonds is 11. The van der Waals surface area contributed by atoms with Crippen LogP contribution < -0.4 is 5.32 Å². The average molecular weight is 215 g/mol. The van der Waals surface area contributed by atoms with E-state index in [1.165, 1.54) is 38.5 Å². The van der Waals surface area contributed by atoms with Crippen molar-refractivity contribution < 1.29 is 5.11 Å². The van der Waals surface area contributed by atoms with E-state index >= 15 is 0 Å². The molecule has 0 rings (SSSR count). The Bertz CT molecular complexity index is 117. The maximum atomic E-state index is 8.62. The highest BCUT2D eigenvalue weighted by Crippen LogP contribution is 2.05. The predicted octanol–water partition coefficient (Wildman–Crippen LogP) is 3.10. The van der Waals surface area contributed by atoms with Crippen molar-refractivity contribution >= 4 is 0 Å². The van der Waals surface area contributed by atoms with Crippen molar-refractivity contribution in [1.82, 2.24) is 5.32 Å². The molecule has 0 heterocycles. The average Bonchev–Trinajstić information content (AvgIpc) is 2.24. The van der Waals surface area contributed by atoms with Gasteiger partial charge in [0.25, 0.3) is 0 Å². The molecule has 0 aromatic rings. The third-order valence-electron chi connectivity index (χ3n) is 2.82. The minimum absolute atomic E-state index is 0.340. The Morgan fingerprint density at radius 1 is 1.00 bits per heavy atom. The van der Waals surface area contributed by atoms with Gasteiger partial charge in [-0.3, -0.25) is 0 Å². The monoisotopic (exact) mass is 215 g/mol. The fourth-order valence-electron chi connectivity index (χ4n) is 1.74. The summed E-state index contributed by atoms with van der Waals surface area (Å²) >= 11 is 0. The molecule has 0 aromatic carbocycles.